The maximum atomic E-state index is 12.9. The number of ketones is 1. The molecule has 4 rings (SSSR count). The Labute approximate surface area is 157 Å². The van der Waals surface area contributed by atoms with Crippen LogP contribution in [0.5, 0.6) is 5.75 Å². The number of benzene rings is 3. The largest absolute Gasteiger partial charge is 0.488 e. The highest BCUT2D eigenvalue weighted by atomic mass is 35.5. The van der Waals surface area contributed by atoms with E-state index in [1.807, 2.05) is 60.7 Å². The van der Waals surface area contributed by atoms with Crippen molar-refractivity contribution in [2.45, 2.75) is 18.8 Å². The van der Waals surface area contributed by atoms with Crippen LogP contribution in [-0.2, 0) is 11.3 Å². The Kier molecular flexibility index (Phi) is 4.74. The molecule has 1 aliphatic rings. The second-order valence-electron chi connectivity index (χ2n) is 6.16. The number of hydrogen-bond donors (Lipinski definition) is 0. The van der Waals surface area contributed by atoms with E-state index >= 15 is 0 Å². The second-order valence-corrected chi connectivity index (χ2v) is 6.60. The minimum Gasteiger partial charge on any atom is -0.488 e. The molecule has 1 saturated heterocycles. The van der Waals surface area contributed by atoms with Crippen LogP contribution in [0.4, 0.5) is 0 Å². The van der Waals surface area contributed by atoms with Crippen molar-refractivity contribution in [3.05, 3.63) is 101 Å². The second kappa shape index (κ2) is 7.32. The van der Waals surface area contributed by atoms with Gasteiger partial charge in [-0.25, -0.2) is 0 Å². The van der Waals surface area contributed by atoms with Crippen LogP contribution in [0.25, 0.3) is 0 Å². The van der Waals surface area contributed by atoms with Crippen molar-refractivity contribution < 1.29 is 14.3 Å². The Morgan fingerprint density at radius 2 is 1.62 bits per heavy atom. The molecule has 0 N–H and O–H groups in total. The number of epoxide rings is 1. The monoisotopic (exact) mass is 364 g/mol. The van der Waals surface area contributed by atoms with Crippen LogP contribution < -0.4 is 4.74 Å². The Hall–Kier alpha value is -2.62. The molecule has 1 heterocycles. The SMILES string of the molecule is O=C(c1ccccc1OCc1ccccc1)C1OC1c1ccc(Cl)cc1. The number of rotatable bonds is 6. The van der Waals surface area contributed by atoms with Gasteiger partial charge in [-0.1, -0.05) is 66.2 Å². The quantitative estimate of drug-likeness (QED) is 0.443. The number of carbonyl (C=O) groups is 1. The number of para-hydroxylation sites is 1. The van der Waals surface area contributed by atoms with Gasteiger partial charge in [0.1, 0.15) is 18.5 Å². The lowest BCUT2D eigenvalue weighted by Gasteiger charge is -2.10. The molecular formula is C22H17ClO3. The first kappa shape index (κ1) is 16.8. The van der Waals surface area contributed by atoms with Gasteiger partial charge in [-0.05, 0) is 35.4 Å². The summed E-state index contributed by atoms with van der Waals surface area (Å²) in [6, 6.07) is 24.5. The lowest BCUT2D eigenvalue weighted by molar-refractivity contribution is 0.0949. The zero-order chi connectivity index (χ0) is 17.9. The van der Waals surface area contributed by atoms with E-state index in [9.17, 15) is 4.79 Å². The number of carbonyl (C=O) groups excluding carboxylic acids is 1. The summed E-state index contributed by atoms with van der Waals surface area (Å²) in [4.78, 5) is 12.9. The summed E-state index contributed by atoms with van der Waals surface area (Å²) in [7, 11) is 0. The van der Waals surface area contributed by atoms with E-state index in [-0.39, 0.29) is 11.9 Å². The molecular weight excluding hydrogens is 348 g/mol. The van der Waals surface area contributed by atoms with Gasteiger partial charge in [0, 0.05) is 5.02 Å². The summed E-state index contributed by atoms with van der Waals surface area (Å²) in [6.45, 7) is 0.414. The molecule has 0 amide bonds. The van der Waals surface area contributed by atoms with Gasteiger partial charge in [0.05, 0.1) is 5.56 Å². The third-order valence-corrected chi connectivity index (χ3v) is 4.59. The Morgan fingerprint density at radius 3 is 2.38 bits per heavy atom. The van der Waals surface area contributed by atoms with Crippen LogP contribution in [0.2, 0.25) is 5.02 Å². The van der Waals surface area contributed by atoms with Gasteiger partial charge >= 0.3 is 0 Å². The first-order valence-corrected chi connectivity index (χ1v) is 8.81. The van der Waals surface area contributed by atoms with Crippen molar-refractivity contribution >= 4 is 17.4 Å². The predicted octanol–water partition coefficient (Wildman–Crippen LogP) is 5.24. The van der Waals surface area contributed by atoms with Crippen molar-refractivity contribution in [3.63, 3.8) is 0 Å². The van der Waals surface area contributed by atoms with Gasteiger partial charge in [0.2, 0.25) is 0 Å². The number of ether oxygens (including phenoxy) is 2. The van der Waals surface area contributed by atoms with Crippen molar-refractivity contribution in [3.8, 4) is 5.75 Å². The van der Waals surface area contributed by atoms with Crippen molar-refractivity contribution in [1.29, 1.82) is 0 Å². The standard InChI is InChI=1S/C22H17ClO3/c23-17-12-10-16(11-13-17)21-22(26-21)20(24)18-8-4-5-9-19(18)25-14-15-6-2-1-3-7-15/h1-13,21-22H,14H2. The first-order valence-electron chi connectivity index (χ1n) is 8.43. The molecule has 0 bridgehead atoms. The lowest BCUT2D eigenvalue weighted by Crippen LogP contribution is -2.10. The highest BCUT2D eigenvalue weighted by Gasteiger charge is 2.46. The summed E-state index contributed by atoms with van der Waals surface area (Å²) >= 11 is 5.91. The van der Waals surface area contributed by atoms with Crippen LogP contribution >= 0.6 is 11.6 Å². The van der Waals surface area contributed by atoms with E-state index < -0.39 is 6.10 Å². The maximum Gasteiger partial charge on any atom is 0.198 e. The normalized spacial score (nSPS) is 18.3. The molecule has 3 aromatic rings. The van der Waals surface area contributed by atoms with Gasteiger partial charge in [0.25, 0.3) is 0 Å². The Balaban J connectivity index is 1.48. The van der Waals surface area contributed by atoms with Gasteiger partial charge in [-0.3, -0.25) is 4.79 Å². The topological polar surface area (TPSA) is 38.8 Å². The molecule has 0 saturated carbocycles. The molecule has 3 nitrogen and oxygen atoms in total. The summed E-state index contributed by atoms with van der Waals surface area (Å²) in [5.41, 5.74) is 2.55. The van der Waals surface area contributed by atoms with Crippen molar-refractivity contribution in [2.24, 2.45) is 0 Å². The predicted molar refractivity (Wildman–Crippen MR) is 101 cm³/mol. The van der Waals surface area contributed by atoms with E-state index in [1.165, 1.54) is 0 Å². The molecule has 130 valence electrons. The molecule has 1 aliphatic heterocycles. The average molecular weight is 365 g/mol. The van der Waals surface area contributed by atoms with Crippen LogP contribution in [0.1, 0.15) is 27.6 Å². The summed E-state index contributed by atoms with van der Waals surface area (Å²) in [5, 5.41) is 0.664. The molecule has 3 aromatic carbocycles. The third-order valence-electron chi connectivity index (χ3n) is 4.34. The fourth-order valence-corrected chi connectivity index (χ4v) is 3.03. The molecule has 26 heavy (non-hydrogen) atoms. The average Bonchev–Trinajstić information content (AvgIpc) is 3.48. The molecule has 1 fully saturated rings. The van der Waals surface area contributed by atoms with Gasteiger partial charge in [0.15, 0.2) is 11.9 Å². The maximum absolute atomic E-state index is 12.9. The van der Waals surface area contributed by atoms with Crippen molar-refractivity contribution in [1.82, 2.24) is 0 Å². The molecule has 4 heteroatoms. The van der Waals surface area contributed by atoms with E-state index in [2.05, 4.69) is 0 Å². The smallest absolute Gasteiger partial charge is 0.198 e. The highest BCUT2D eigenvalue weighted by molar-refractivity contribution is 6.30. The van der Waals surface area contributed by atoms with E-state index in [0.717, 1.165) is 11.1 Å². The molecule has 2 unspecified atom stereocenters. The number of Topliss-reactive ketones (excluding diaryl/α,β-unsaturated/α-hetero) is 1. The number of halogens is 1. The van der Waals surface area contributed by atoms with Crippen molar-refractivity contribution in [2.75, 3.05) is 0 Å². The summed E-state index contributed by atoms with van der Waals surface area (Å²) in [6.07, 6.45) is -0.695. The van der Waals surface area contributed by atoms with E-state index in [1.54, 1.807) is 18.2 Å². The fourth-order valence-electron chi connectivity index (χ4n) is 2.90. The number of hydrogen-bond acceptors (Lipinski definition) is 3. The summed E-state index contributed by atoms with van der Waals surface area (Å²) in [5.74, 6) is 0.514. The van der Waals surface area contributed by atoms with E-state index in [4.69, 9.17) is 21.1 Å². The first-order chi connectivity index (χ1) is 12.7. The van der Waals surface area contributed by atoms with Crippen LogP contribution in [0, 0.1) is 0 Å². The highest BCUT2D eigenvalue weighted by Crippen LogP contribution is 2.42. The molecule has 2 atom stereocenters. The van der Waals surface area contributed by atoms with Gasteiger partial charge in [-0.2, -0.15) is 0 Å². The summed E-state index contributed by atoms with van der Waals surface area (Å²) < 4.78 is 11.5. The minimum absolute atomic E-state index is 0.0615. The van der Waals surface area contributed by atoms with Crippen LogP contribution in [0.3, 0.4) is 0 Å². The van der Waals surface area contributed by atoms with Crippen LogP contribution in [0.15, 0.2) is 78.9 Å². The molecule has 0 aromatic heterocycles. The van der Waals surface area contributed by atoms with E-state index in [0.29, 0.717) is 22.9 Å². The fraction of sp³-hybridized carbons (Fsp3) is 0.136. The Bertz CT molecular complexity index is 906. The lowest BCUT2D eigenvalue weighted by atomic mass is 10.0. The zero-order valence-corrected chi connectivity index (χ0v) is 14.7. The van der Waals surface area contributed by atoms with Crippen LogP contribution in [-0.4, -0.2) is 11.9 Å². The third kappa shape index (κ3) is 3.64. The van der Waals surface area contributed by atoms with Gasteiger partial charge < -0.3 is 9.47 Å². The molecule has 0 aliphatic carbocycles. The minimum atomic E-state index is -0.474. The Morgan fingerprint density at radius 1 is 0.923 bits per heavy atom. The molecule has 0 spiro atoms. The zero-order valence-electron chi connectivity index (χ0n) is 14.0. The van der Waals surface area contributed by atoms with Gasteiger partial charge in [-0.15, -0.1) is 0 Å². The molecule has 0 radical (unpaired) electrons.